The van der Waals surface area contributed by atoms with Crippen LogP contribution in [0.2, 0.25) is 0 Å². The van der Waals surface area contributed by atoms with Crippen LogP contribution in [0.15, 0.2) is 17.3 Å². The van der Waals surface area contributed by atoms with Gasteiger partial charge in [-0.05, 0) is 20.3 Å². The number of hydrogen-bond acceptors (Lipinski definition) is 5. The molecule has 0 saturated carbocycles. The molecule has 0 aliphatic heterocycles. The smallest absolute Gasteiger partial charge is 0.246 e. The van der Waals surface area contributed by atoms with Gasteiger partial charge in [-0.3, -0.25) is 0 Å². The highest BCUT2D eigenvalue weighted by Crippen LogP contribution is 2.17. The van der Waals surface area contributed by atoms with Crippen molar-refractivity contribution in [1.82, 2.24) is 14.3 Å². The molecule has 0 saturated heterocycles. The van der Waals surface area contributed by atoms with Gasteiger partial charge in [-0.2, -0.15) is 4.31 Å². The lowest BCUT2D eigenvalue weighted by atomic mass is 10.4. The van der Waals surface area contributed by atoms with E-state index >= 15 is 0 Å². The number of hydrogen-bond donors (Lipinski definition) is 1. The van der Waals surface area contributed by atoms with Crippen molar-refractivity contribution in [1.29, 1.82) is 0 Å². The van der Waals surface area contributed by atoms with Gasteiger partial charge in [0.2, 0.25) is 16.0 Å². The summed E-state index contributed by atoms with van der Waals surface area (Å²) in [6.45, 7) is 6.09. The van der Waals surface area contributed by atoms with Gasteiger partial charge in [-0.1, -0.05) is 6.92 Å². The fourth-order valence-corrected chi connectivity index (χ4v) is 3.09. The third-order valence-electron chi connectivity index (χ3n) is 2.27. The van der Waals surface area contributed by atoms with Gasteiger partial charge in [0.15, 0.2) is 0 Å². The first-order valence-electron chi connectivity index (χ1n) is 5.49. The number of aromatic nitrogens is 2. The summed E-state index contributed by atoms with van der Waals surface area (Å²) in [5, 5.41) is 0. The van der Waals surface area contributed by atoms with Crippen LogP contribution in [0, 0.1) is 0 Å². The highest BCUT2D eigenvalue weighted by atomic mass is 32.2. The molecule has 2 N–H and O–H groups in total. The van der Waals surface area contributed by atoms with Gasteiger partial charge in [0, 0.05) is 12.6 Å². The second kappa shape index (κ2) is 5.42. The minimum Gasteiger partial charge on any atom is -0.368 e. The quantitative estimate of drug-likeness (QED) is 0.846. The lowest BCUT2D eigenvalue weighted by Gasteiger charge is -2.25. The first-order valence-corrected chi connectivity index (χ1v) is 6.93. The summed E-state index contributed by atoms with van der Waals surface area (Å²) in [6, 6.07) is -0.0995. The molecule has 0 aromatic carbocycles. The summed E-state index contributed by atoms with van der Waals surface area (Å²) < 4.78 is 26.0. The van der Waals surface area contributed by atoms with E-state index in [2.05, 4.69) is 9.97 Å². The molecule has 0 atom stereocenters. The van der Waals surface area contributed by atoms with Crippen molar-refractivity contribution in [3.63, 3.8) is 0 Å². The molecule has 0 radical (unpaired) electrons. The van der Waals surface area contributed by atoms with E-state index in [9.17, 15) is 8.42 Å². The highest BCUT2D eigenvalue weighted by molar-refractivity contribution is 7.89. The topological polar surface area (TPSA) is 89.2 Å². The maximum absolute atomic E-state index is 12.3. The Morgan fingerprint density at radius 1 is 1.35 bits per heavy atom. The van der Waals surface area contributed by atoms with Gasteiger partial charge in [0.25, 0.3) is 0 Å². The van der Waals surface area contributed by atoms with Crippen LogP contribution in [0.25, 0.3) is 0 Å². The van der Waals surface area contributed by atoms with Crippen LogP contribution < -0.4 is 5.73 Å². The van der Waals surface area contributed by atoms with Crippen LogP contribution in [0.5, 0.6) is 0 Å². The average Bonchev–Trinajstić information content (AvgIpc) is 2.25. The lowest BCUT2D eigenvalue weighted by Crippen LogP contribution is -2.37. The Labute approximate surface area is 102 Å². The van der Waals surface area contributed by atoms with E-state index in [1.807, 2.05) is 20.8 Å². The molecule has 1 heterocycles. The second-order valence-corrected chi connectivity index (χ2v) is 5.88. The summed E-state index contributed by atoms with van der Waals surface area (Å²) in [4.78, 5) is 7.49. The minimum absolute atomic E-state index is 0.0653. The van der Waals surface area contributed by atoms with Crippen LogP contribution in [0.3, 0.4) is 0 Å². The Bertz CT molecular complexity index is 456. The molecule has 0 aliphatic carbocycles. The van der Waals surface area contributed by atoms with Crippen molar-refractivity contribution in [2.75, 3.05) is 12.3 Å². The van der Waals surface area contributed by atoms with Crippen LogP contribution in [0.1, 0.15) is 27.2 Å². The monoisotopic (exact) mass is 258 g/mol. The summed E-state index contributed by atoms with van der Waals surface area (Å²) >= 11 is 0. The van der Waals surface area contributed by atoms with E-state index in [-0.39, 0.29) is 16.9 Å². The molecular weight excluding hydrogens is 240 g/mol. The van der Waals surface area contributed by atoms with E-state index in [4.69, 9.17) is 5.73 Å². The third kappa shape index (κ3) is 3.13. The molecule has 0 amide bonds. The summed E-state index contributed by atoms with van der Waals surface area (Å²) in [7, 11) is -3.53. The highest BCUT2D eigenvalue weighted by Gasteiger charge is 2.26. The summed E-state index contributed by atoms with van der Waals surface area (Å²) in [5.74, 6) is 0.0653. The molecule has 0 fully saturated rings. The largest absolute Gasteiger partial charge is 0.368 e. The van der Waals surface area contributed by atoms with Crippen molar-refractivity contribution in [2.45, 2.75) is 38.1 Å². The van der Waals surface area contributed by atoms with Crippen molar-refractivity contribution < 1.29 is 8.42 Å². The van der Waals surface area contributed by atoms with Gasteiger partial charge in [-0.15, -0.1) is 0 Å². The maximum atomic E-state index is 12.3. The van der Waals surface area contributed by atoms with Gasteiger partial charge < -0.3 is 5.73 Å². The summed E-state index contributed by atoms with van der Waals surface area (Å²) in [5.41, 5.74) is 5.33. The number of sulfonamides is 1. The molecule has 7 heteroatoms. The minimum atomic E-state index is -3.53. The predicted molar refractivity (Wildman–Crippen MR) is 65.8 cm³/mol. The molecule has 0 bridgehead atoms. The molecule has 1 aromatic rings. The molecule has 96 valence electrons. The second-order valence-electron chi connectivity index (χ2n) is 3.99. The Morgan fingerprint density at radius 2 is 1.88 bits per heavy atom. The zero-order valence-corrected chi connectivity index (χ0v) is 11.1. The van der Waals surface area contributed by atoms with Crippen LogP contribution >= 0.6 is 0 Å². The standard InChI is InChI=1S/C10H18N4O2S/c1-4-5-14(8(2)3)17(15,16)9-6-12-10(11)13-7-9/h6-8H,4-5H2,1-3H3,(H2,11,12,13). The van der Waals surface area contributed by atoms with E-state index in [1.54, 1.807) is 0 Å². The van der Waals surface area contributed by atoms with Crippen LogP contribution in [-0.4, -0.2) is 35.3 Å². The molecule has 0 unspecified atom stereocenters. The Kier molecular flexibility index (Phi) is 4.41. The van der Waals surface area contributed by atoms with E-state index in [0.717, 1.165) is 6.42 Å². The molecule has 0 spiro atoms. The third-order valence-corrected chi connectivity index (χ3v) is 4.30. The average molecular weight is 258 g/mol. The number of anilines is 1. The Balaban J connectivity index is 3.12. The van der Waals surface area contributed by atoms with Crippen molar-refractivity contribution in [3.8, 4) is 0 Å². The van der Waals surface area contributed by atoms with Crippen molar-refractivity contribution in [2.24, 2.45) is 0 Å². The fraction of sp³-hybridized carbons (Fsp3) is 0.600. The van der Waals surface area contributed by atoms with Crippen molar-refractivity contribution >= 4 is 16.0 Å². The van der Waals surface area contributed by atoms with E-state index in [1.165, 1.54) is 16.7 Å². The zero-order chi connectivity index (χ0) is 13.1. The molecule has 1 rings (SSSR count). The van der Waals surface area contributed by atoms with Gasteiger partial charge in [-0.25, -0.2) is 18.4 Å². The molecule has 0 aliphatic rings. The predicted octanol–water partition coefficient (Wildman–Crippen LogP) is 0.868. The van der Waals surface area contributed by atoms with Crippen molar-refractivity contribution in [3.05, 3.63) is 12.4 Å². The molecule has 17 heavy (non-hydrogen) atoms. The normalized spacial score (nSPS) is 12.3. The lowest BCUT2D eigenvalue weighted by molar-refractivity contribution is 0.354. The Hall–Kier alpha value is -1.21. The Morgan fingerprint density at radius 3 is 2.29 bits per heavy atom. The van der Waals surface area contributed by atoms with E-state index < -0.39 is 10.0 Å². The number of nitrogens with zero attached hydrogens (tertiary/aromatic N) is 3. The molecule has 1 aromatic heterocycles. The van der Waals surface area contributed by atoms with Gasteiger partial charge in [0.05, 0.1) is 12.4 Å². The number of nitrogens with two attached hydrogens (primary N) is 1. The summed E-state index contributed by atoms with van der Waals surface area (Å²) in [6.07, 6.45) is 3.23. The fourth-order valence-electron chi connectivity index (χ4n) is 1.47. The first-order chi connectivity index (χ1) is 7.89. The molecular formula is C10H18N4O2S. The number of nitrogen functional groups attached to an aromatic ring is 1. The van der Waals surface area contributed by atoms with E-state index in [0.29, 0.717) is 6.54 Å². The van der Waals surface area contributed by atoms with Gasteiger partial charge in [0.1, 0.15) is 4.90 Å². The van der Waals surface area contributed by atoms with Crippen LogP contribution in [0.4, 0.5) is 5.95 Å². The molecule has 6 nitrogen and oxygen atoms in total. The van der Waals surface area contributed by atoms with Gasteiger partial charge >= 0.3 is 0 Å². The first kappa shape index (κ1) is 13.9. The maximum Gasteiger partial charge on any atom is 0.246 e. The SMILES string of the molecule is CCCN(C(C)C)S(=O)(=O)c1cnc(N)nc1. The zero-order valence-electron chi connectivity index (χ0n) is 10.3. The number of rotatable bonds is 5. The van der Waals surface area contributed by atoms with Crippen LogP contribution in [-0.2, 0) is 10.0 Å².